The van der Waals surface area contributed by atoms with E-state index in [4.69, 9.17) is 9.57 Å². The fourth-order valence-electron chi connectivity index (χ4n) is 1.98. The Labute approximate surface area is 105 Å². The molecule has 1 saturated heterocycles. The first-order valence-corrected chi connectivity index (χ1v) is 6.50. The molecular formula is C10H18N2O4S. The molecule has 5 atom stereocenters. The number of aliphatic imine (C=N–C) groups is 1. The highest BCUT2D eigenvalue weighted by Crippen LogP contribution is 2.37. The third kappa shape index (κ3) is 2.30. The number of thioether (sulfide) groups is 1. The lowest BCUT2D eigenvalue weighted by Crippen LogP contribution is -2.54. The van der Waals surface area contributed by atoms with Crippen molar-refractivity contribution in [3.8, 4) is 0 Å². The molecule has 0 aromatic carbocycles. The van der Waals surface area contributed by atoms with Crippen LogP contribution in [0.15, 0.2) is 4.99 Å². The molecule has 17 heavy (non-hydrogen) atoms. The Balaban J connectivity index is 2.12. The van der Waals surface area contributed by atoms with E-state index in [0.29, 0.717) is 11.6 Å². The molecule has 2 aliphatic heterocycles. The first kappa shape index (κ1) is 13.1. The summed E-state index contributed by atoms with van der Waals surface area (Å²) in [7, 11) is 3.29. The number of rotatable bonds is 2. The molecule has 6 nitrogen and oxygen atoms in total. The van der Waals surface area contributed by atoms with E-state index in [1.807, 2.05) is 6.92 Å². The van der Waals surface area contributed by atoms with E-state index in [1.165, 1.54) is 16.8 Å². The zero-order valence-electron chi connectivity index (χ0n) is 10.1. The standard InChI is InChI=1S/C10H18N2O4S/c1-4-5-7(13)8(14)6-9(16-5)17-10(11-6)12(2)15-3/h5-9,13-14H,4H2,1-3H3/t5-,6-,7-,8-,9-/m1/s1. The van der Waals surface area contributed by atoms with Crippen LogP contribution in [0.3, 0.4) is 0 Å². The van der Waals surface area contributed by atoms with E-state index >= 15 is 0 Å². The number of hydroxylamine groups is 2. The minimum absolute atomic E-state index is 0.244. The van der Waals surface area contributed by atoms with Gasteiger partial charge in [0, 0.05) is 7.05 Å². The zero-order valence-corrected chi connectivity index (χ0v) is 10.9. The van der Waals surface area contributed by atoms with Crippen LogP contribution in [0.2, 0.25) is 0 Å². The lowest BCUT2D eigenvalue weighted by Gasteiger charge is -2.37. The molecule has 98 valence electrons. The van der Waals surface area contributed by atoms with Crippen molar-refractivity contribution in [2.24, 2.45) is 4.99 Å². The molecule has 0 amide bonds. The summed E-state index contributed by atoms with van der Waals surface area (Å²) in [5.74, 6) is 0. The second-order valence-electron chi connectivity index (χ2n) is 4.13. The largest absolute Gasteiger partial charge is 0.388 e. The van der Waals surface area contributed by atoms with Crippen LogP contribution < -0.4 is 0 Å². The van der Waals surface area contributed by atoms with Gasteiger partial charge in [-0.2, -0.15) is 0 Å². The molecule has 0 aromatic heterocycles. The summed E-state index contributed by atoms with van der Waals surface area (Å²) in [6, 6.07) is -0.426. The van der Waals surface area contributed by atoms with Gasteiger partial charge in [-0.25, -0.2) is 5.06 Å². The first-order chi connectivity index (χ1) is 8.08. The monoisotopic (exact) mass is 262 g/mol. The number of hydrogen-bond acceptors (Lipinski definition) is 7. The van der Waals surface area contributed by atoms with E-state index in [9.17, 15) is 10.2 Å². The van der Waals surface area contributed by atoms with Gasteiger partial charge in [0.25, 0.3) is 0 Å². The van der Waals surface area contributed by atoms with Gasteiger partial charge in [-0.15, -0.1) is 0 Å². The second kappa shape index (κ2) is 5.11. The van der Waals surface area contributed by atoms with Crippen molar-refractivity contribution in [2.75, 3.05) is 14.2 Å². The second-order valence-corrected chi connectivity index (χ2v) is 5.20. The van der Waals surface area contributed by atoms with E-state index < -0.39 is 18.2 Å². The Morgan fingerprint density at radius 2 is 2.18 bits per heavy atom. The normalized spacial score (nSPS) is 41.0. The van der Waals surface area contributed by atoms with Gasteiger partial charge in [0.2, 0.25) is 0 Å². The molecule has 2 N–H and O–H groups in total. The van der Waals surface area contributed by atoms with Crippen molar-refractivity contribution in [2.45, 2.75) is 43.1 Å². The number of aliphatic hydroxyl groups excluding tert-OH is 2. The van der Waals surface area contributed by atoms with Gasteiger partial charge >= 0.3 is 0 Å². The molecule has 0 saturated carbocycles. The first-order valence-electron chi connectivity index (χ1n) is 5.62. The summed E-state index contributed by atoms with van der Waals surface area (Å²) in [6.07, 6.45) is -1.43. The van der Waals surface area contributed by atoms with Crippen molar-refractivity contribution in [1.82, 2.24) is 5.06 Å². The van der Waals surface area contributed by atoms with Crippen LogP contribution in [0, 0.1) is 0 Å². The predicted octanol–water partition coefficient (Wildman–Crippen LogP) is -0.192. The third-order valence-electron chi connectivity index (χ3n) is 3.10. The van der Waals surface area contributed by atoms with E-state index in [-0.39, 0.29) is 11.5 Å². The summed E-state index contributed by atoms with van der Waals surface area (Å²) in [4.78, 5) is 9.36. The fourth-order valence-corrected chi connectivity index (χ4v) is 3.16. The van der Waals surface area contributed by atoms with Gasteiger partial charge in [0.15, 0.2) is 5.17 Å². The topological polar surface area (TPSA) is 74.5 Å². The average molecular weight is 262 g/mol. The fraction of sp³-hybridized carbons (Fsp3) is 0.900. The number of ether oxygens (including phenoxy) is 1. The maximum atomic E-state index is 10.0. The van der Waals surface area contributed by atoms with E-state index in [1.54, 1.807) is 14.2 Å². The molecule has 2 rings (SSSR count). The van der Waals surface area contributed by atoms with E-state index in [0.717, 1.165) is 0 Å². The molecule has 1 fully saturated rings. The van der Waals surface area contributed by atoms with Crippen molar-refractivity contribution in [1.29, 1.82) is 0 Å². The number of hydrogen-bond donors (Lipinski definition) is 2. The number of aliphatic hydroxyl groups is 2. The van der Waals surface area contributed by atoms with Crippen molar-refractivity contribution >= 4 is 16.9 Å². The van der Waals surface area contributed by atoms with Crippen LogP contribution in [-0.4, -0.2) is 64.4 Å². The minimum atomic E-state index is -0.881. The van der Waals surface area contributed by atoms with Crippen LogP contribution in [0.5, 0.6) is 0 Å². The van der Waals surface area contributed by atoms with Crippen LogP contribution in [0.25, 0.3) is 0 Å². The number of fused-ring (bicyclic) bond motifs is 1. The van der Waals surface area contributed by atoms with Crippen molar-refractivity contribution in [3.05, 3.63) is 0 Å². The summed E-state index contributed by atoms with van der Waals surface area (Å²) in [5.41, 5.74) is -0.244. The summed E-state index contributed by atoms with van der Waals surface area (Å²) in [5, 5.41) is 22.1. The van der Waals surface area contributed by atoms with Crippen molar-refractivity contribution < 1.29 is 19.8 Å². The molecular weight excluding hydrogens is 244 g/mol. The quantitative estimate of drug-likeness (QED) is 0.672. The van der Waals surface area contributed by atoms with Crippen LogP contribution in [0.4, 0.5) is 0 Å². The highest BCUT2D eigenvalue weighted by molar-refractivity contribution is 8.14. The zero-order chi connectivity index (χ0) is 12.6. The van der Waals surface area contributed by atoms with Gasteiger partial charge in [-0.05, 0) is 6.42 Å². The van der Waals surface area contributed by atoms with Crippen LogP contribution in [-0.2, 0) is 9.57 Å². The number of amidine groups is 1. The Bertz CT molecular complexity index is 315. The molecule has 2 aliphatic rings. The maximum absolute atomic E-state index is 10.0. The van der Waals surface area contributed by atoms with E-state index in [2.05, 4.69) is 4.99 Å². The molecule has 0 aliphatic carbocycles. The summed E-state index contributed by atoms with van der Waals surface area (Å²) >= 11 is 1.41. The lowest BCUT2D eigenvalue weighted by molar-refractivity contribution is -0.153. The smallest absolute Gasteiger partial charge is 0.186 e. The molecule has 7 heteroatoms. The molecule has 0 aromatic rings. The van der Waals surface area contributed by atoms with Gasteiger partial charge < -0.3 is 14.9 Å². The van der Waals surface area contributed by atoms with Gasteiger partial charge in [-0.1, -0.05) is 18.7 Å². The average Bonchev–Trinajstić information content (AvgIpc) is 2.76. The molecule has 0 unspecified atom stereocenters. The summed E-state index contributed by atoms with van der Waals surface area (Å²) < 4.78 is 5.72. The third-order valence-corrected chi connectivity index (χ3v) is 4.29. The SMILES string of the molecule is CC[C@H]1O[C@@H]2SC(N(C)OC)=N[C@@H]2[C@@H](O)[C@@H]1O. The summed E-state index contributed by atoms with van der Waals surface area (Å²) in [6.45, 7) is 1.92. The lowest BCUT2D eigenvalue weighted by atomic mass is 9.97. The Morgan fingerprint density at radius 3 is 2.76 bits per heavy atom. The van der Waals surface area contributed by atoms with Gasteiger partial charge in [-0.3, -0.25) is 9.83 Å². The highest BCUT2D eigenvalue weighted by Gasteiger charge is 2.48. The highest BCUT2D eigenvalue weighted by atomic mass is 32.2. The minimum Gasteiger partial charge on any atom is -0.388 e. The molecule has 2 heterocycles. The number of nitrogens with zero attached hydrogens (tertiary/aromatic N) is 2. The Morgan fingerprint density at radius 1 is 1.47 bits per heavy atom. The van der Waals surface area contributed by atoms with Crippen LogP contribution >= 0.6 is 11.8 Å². The Kier molecular flexibility index (Phi) is 3.94. The predicted molar refractivity (Wildman–Crippen MR) is 64.6 cm³/mol. The molecule has 0 bridgehead atoms. The van der Waals surface area contributed by atoms with Gasteiger partial charge in [0.1, 0.15) is 23.7 Å². The molecule has 0 spiro atoms. The van der Waals surface area contributed by atoms with Crippen LogP contribution in [0.1, 0.15) is 13.3 Å². The van der Waals surface area contributed by atoms with Gasteiger partial charge in [0.05, 0.1) is 13.2 Å². The Hall–Kier alpha value is -0.340. The maximum Gasteiger partial charge on any atom is 0.186 e. The van der Waals surface area contributed by atoms with Crippen molar-refractivity contribution in [3.63, 3.8) is 0 Å². The molecule has 0 radical (unpaired) electrons.